The van der Waals surface area contributed by atoms with Crippen LogP contribution in [0.15, 0.2) is 47.5 Å². The van der Waals surface area contributed by atoms with E-state index in [1.54, 1.807) is 14.2 Å². The Morgan fingerprint density at radius 3 is 2.21 bits per heavy atom. The molecule has 0 N–H and O–H groups in total. The zero-order valence-corrected chi connectivity index (χ0v) is 11.9. The molecule has 0 aliphatic heterocycles. The average Bonchev–Trinajstić information content (AvgIpc) is 2.46. The predicted octanol–water partition coefficient (Wildman–Crippen LogP) is 4.11. The number of nitrogens with zero attached hydrogens (tertiary/aromatic N) is 1. The van der Waals surface area contributed by atoms with Gasteiger partial charge in [0.1, 0.15) is 5.75 Å². The minimum Gasteiger partial charge on any atom is -0.496 e. The average molecular weight is 253 g/mol. The molecule has 0 fully saturated rings. The maximum absolute atomic E-state index is 5.40. The molecule has 2 aromatic rings. The largest absolute Gasteiger partial charge is 0.496 e. The smallest absolute Gasteiger partial charge is 0.127 e. The SMILES string of the molecule is CN=C(C)c1cc(-c2ccc(C)cc2)ccc1OC. The number of ether oxygens (including phenoxy) is 1. The summed E-state index contributed by atoms with van der Waals surface area (Å²) in [5, 5.41) is 0. The van der Waals surface area contributed by atoms with Gasteiger partial charge in [-0.05, 0) is 37.1 Å². The number of hydrogen-bond acceptors (Lipinski definition) is 2. The maximum atomic E-state index is 5.40. The lowest BCUT2D eigenvalue weighted by molar-refractivity contribution is 0.414. The monoisotopic (exact) mass is 253 g/mol. The fraction of sp³-hybridized carbons (Fsp3) is 0.235. The van der Waals surface area contributed by atoms with E-state index in [0.29, 0.717) is 0 Å². The van der Waals surface area contributed by atoms with E-state index >= 15 is 0 Å². The van der Waals surface area contributed by atoms with E-state index < -0.39 is 0 Å². The van der Waals surface area contributed by atoms with Gasteiger partial charge in [-0.2, -0.15) is 0 Å². The van der Waals surface area contributed by atoms with E-state index in [2.05, 4.69) is 48.3 Å². The third-order valence-corrected chi connectivity index (χ3v) is 3.31. The van der Waals surface area contributed by atoms with Crippen molar-refractivity contribution in [1.82, 2.24) is 0 Å². The first-order chi connectivity index (χ1) is 9.15. The normalized spacial score (nSPS) is 11.5. The standard InChI is InChI=1S/C17H19NO/c1-12-5-7-14(8-6-12)15-9-10-17(19-4)16(11-15)13(2)18-3/h5-11H,1-4H3. The molecular weight excluding hydrogens is 234 g/mol. The highest BCUT2D eigenvalue weighted by molar-refractivity contribution is 6.02. The number of methoxy groups -OCH3 is 1. The molecule has 0 amide bonds. The lowest BCUT2D eigenvalue weighted by atomic mass is 9.99. The highest BCUT2D eigenvalue weighted by atomic mass is 16.5. The van der Waals surface area contributed by atoms with Crippen molar-refractivity contribution in [2.45, 2.75) is 13.8 Å². The van der Waals surface area contributed by atoms with Gasteiger partial charge in [-0.15, -0.1) is 0 Å². The van der Waals surface area contributed by atoms with Crippen molar-refractivity contribution in [3.63, 3.8) is 0 Å². The lowest BCUT2D eigenvalue weighted by Crippen LogP contribution is -1.99. The molecule has 2 heteroatoms. The summed E-state index contributed by atoms with van der Waals surface area (Å²) < 4.78 is 5.40. The molecule has 0 aromatic heterocycles. The zero-order valence-electron chi connectivity index (χ0n) is 11.9. The summed E-state index contributed by atoms with van der Waals surface area (Å²) >= 11 is 0. The molecule has 2 nitrogen and oxygen atoms in total. The van der Waals surface area contributed by atoms with Crippen molar-refractivity contribution in [3.05, 3.63) is 53.6 Å². The summed E-state index contributed by atoms with van der Waals surface area (Å²) in [7, 11) is 3.49. The third kappa shape index (κ3) is 2.84. The number of aryl methyl sites for hydroxylation is 1. The molecular formula is C17H19NO. The first-order valence-electron chi connectivity index (χ1n) is 6.34. The predicted molar refractivity (Wildman–Crippen MR) is 81.3 cm³/mol. The minimum atomic E-state index is 0.860. The van der Waals surface area contributed by atoms with Crippen LogP contribution in [0.4, 0.5) is 0 Å². The molecule has 0 heterocycles. The number of aliphatic imine (C=N–C) groups is 1. The van der Waals surface area contributed by atoms with Gasteiger partial charge in [-0.1, -0.05) is 35.9 Å². The second kappa shape index (κ2) is 5.70. The van der Waals surface area contributed by atoms with E-state index in [1.165, 1.54) is 16.7 Å². The number of benzene rings is 2. The summed E-state index contributed by atoms with van der Waals surface area (Å²) in [4.78, 5) is 4.25. The lowest BCUT2D eigenvalue weighted by Gasteiger charge is -2.11. The second-order valence-corrected chi connectivity index (χ2v) is 4.59. The van der Waals surface area contributed by atoms with E-state index in [9.17, 15) is 0 Å². The maximum Gasteiger partial charge on any atom is 0.127 e. The molecule has 19 heavy (non-hydrogen) atoms. The summed E-state index contributed by atoms with van der Waals surface area (Å²) in [5.74, 6) is 0.860. The molecule has 0 atom stereocenters. The first kappa shape index (κ1) is 13.3. The molecule has 0 saturated carbocycles. The van der Waals surface area contributed by atoms with Gasteiger partial charge in [0.25, 0.3) is 0 Å². The fourth-order valence-corrected chi connectivity index (χ4v) is 2.04. The van der Waals surface area contributed by atoms with Crippen LogP contribution in [0.3, 0.4) is 0 Å². The van der Waals surface area contributed by atoms with E-state index in [-0.39, 0.29) is 0 Å². The summed E-state index contributed by atoms with van der Waals surface area (Å²) in [6, 6.07) is 14.7. The van der Waals surface area contributed by atoms with Crippen LogP contribution in [-0.4, -0.2) is 19.9 Å². The van der Waals surface area contributed by atoms with E-state index in [4.69, 9.17) is 4.74 Å². The fourth-order valence-electron chi connectivity index (χ4n) is 2.04. The van der Waals surface area contributed by atoms with Crippen LogP contribution in [-0.2, 0) is 0 Å². The molecule has 0 spiro atoms. The van der Waals surface area contributed by atoms with Gasteiger partial charge in [0, 0.05) is 18.3 Å². The molecule has 0 aliphatic rings. The van der Waals surface area contributed by atoms with Crippen molar-refractivity contribution in [2.24, 2.45) is 4.99 Å². The highest BCUT2D eigenvalue weighted by Gasteiger charge is 2.08. The number of rotatable bonds is 3. The van der Waals surface area contributed by atoms with Crippen molar-refractivity contribution in [2.75, 3.05) is 14.2 Å². The molecule has 2 aromatic carbocycles. The van der Waals surface area contributed by atoms with Crippen molar-refractivity contribution in [1.29, 1.82) is 0 Å². The summed E-state index contributed by atoms with van der Waals surface area (Å²) in [6.45, 7) is 4.09. The molecule has 2 rings (SSSR count). The van der Waals surface area contributed by atoms with Crippen LogP contribution in [0.1, 0.15) is 18.1 Å². The number of hydrogen-bond donors (Lipinski definition) is 0. The summed E-state index contributed by atoms with van der Waals surface area (Å²) in [5.41, 5.74) is 5.68. The zero-order chi connectivity index (χ0) is 13.8. The van der Waals surface area contributed by atoms with Gasteiger partial charge in [0.05, 0.1) is 7.11 Å². The van der Waals surface area contributed by atoms with Gasteiger partial charge in [-0.3, -0.25) is 4.99 Å². The van der Waals surface area contributed by atoms with Crippen molar-refractivity contribution < 1.29 is 4.74 Å². The summed E-state index contributed by atoms with van der Waals surface area (Å²) in [6.07, 6.45) is 0. The Balaban J connectivity index is 2.51. The second-order valence-electron chi connectivity index (χ2n) is 4.59. The molecule has 0 radical (unpaired) electrons. The molecule has 98 valence electrons. The highest BCUT2D eigenvalue weighted by Crippen LogP contribution is 2.27. The Kier molecular flexibility index (Phi) is 4.00. The van der Waals surface area contributed by atoms with Crippen molar-refractivity contribution in [3.8, 4) is 16.9 Å². The topological polar surface area (TPSA) is 21.6 Å². The first-order valence-corrected chi connectivity index (χ1v) is 6.34. The van der Waals surface area contributed by atoms with E-state index in [1.807, 2.05) is 13.0 Å². The van der Waals surface area contributed by atoms with Gasteiger partial charge in [0.2, 0.25) is 0 Å². The Bertz CT molecular complexity index is 597. The van der Waals surface area contributed by atoms with E-state index in [0.717, 1.165) is 17.0 Å². The molecule has 0 saturated heterocycles. The Morgan fingerprint density at radius 1 is 1.00 bits per heavy atom. The van der Waals surface area contributed by atoms with Gasteiger partial charge in [-0.25, -0.2) is 0 Å². The Labute approximate surface area is 114 Å². The molecule has 0 bridgehead atoms. The van der Waals surface area contributed by atoms with Crippen LogP contribution in [0.2, 0.25) is 0 Å². The van der Waals surface area contributed by atoms with Gasteiger partial charge in [0.15, 0.2) is 0 Å². The van der Waals surface area contributed by atoms with Gasteiger partial charge >= 0.3 is 0 Å². The van der Waals surface area contributed by atoms with Gasteiger partial charge < -0.3 is 4.74 Å². The van der Waals surface area contributed by atoms with Crippen LogP contribution in [0.25, 0.3) is 11.1 Å². The van der Waals surface area contributed by atoms with Crippen LogP contribution < -0.4 is 4.74 Å². The Morgan fingerprint density at radius 2 is 1.63 bits per heavy atom. The minimum absolute atomic E-state index is 0.860. The van der Waals surface area contributed by atoms with Crippen molar-refractivity contribution >= 4 is 5.71 Å². The Hall–Kier alpha value is -2.09. The van der Waals surface area contributed by atoms with Crippen LogP contribution in [0.5, 0.6) is 5.75 Å². The van der Waals surface area contributed by atoms with Crippen LogP contribution in [0, 0.1) is 6.92 Å². The molecule has 0 aliphatic carbocycles. The molecule has 0 unspecified atom stereocenters. The van der Waals surface area contributed by atoms with Crippen LogP contribution >= 0.6 is 0 Å². The quantitative estimate of drug-likeness (QED) is 0.754. The third-order valence-electron chi connectivity index (χ3n) is 3.31.